The fourth-order valence-electron chi connectivity index (χ4n) is 2.89. The summed E-state index contributed by atoms with van der Waals surface area (Å²) in [4.78, 5) is 15.4. The molecule has 5 rings (SSSR count). The summed E-state index contributed by atoms with van der Waals surface area (Å²) in [5.41, 5.74) is 5.09. The predicted octanol–water partition coefficient (Wildman–Crippen LogP) is 0.854. The van der Waals surface area contributed by atoms with Crippen molar-refractivity contribution in [3.63, 3.8) is 0 Å². The number of aromatic nitrogens is 1. The summed E-state index contributed by atoms with van der Waals surface area (Å²) in [6.07, 6.45) is 16.7. The van der Waals surface area contributed by atoms with Crippen LogP contribution in [0.4, 0.5) is 0 Å². The van der Waals surface area contributed by atoms with Gasteiger partial charge < -0.3 is 0 Å². The van der Waals surface area contributed by atoms with Crippen molar-refractivity contribution < 1.29 is 0 Å². The second-order valence-electron chi connectivity index (χ2n) is 5.83. The molecule has 0 amide bonds. The summed E-state index contributed by atoms with van der Waals surface area (Å²) in [6, 6.07) is 4.13. The van der Waals surface area contributed by atoms with Crippen LogP contribution in [0.5, 0.6) is 0 Å². The van der Waals surface area contributed by atoms with Gasteiger partial charge >= 0.3 is 145 Å². The van der Waals surface area contributed by atoms with E-state index in [0.29, 0.717) is 19.9 Å². The minimum atomic E-state index is 0.345. The van der Waals surface area contributed by atoms with Gasteiger partial charge in [0.15, 0.2) is 0 Å². The van der Waals surface area contributed by atoms with Gasteiger partial charge in [-0.1, -0.05) is 0 Å². The van der Waals surface area contributed by atoms with Crippen molar-refractivity contribution in [2.24, 2.45) is 9.98 Å². The molecular weight excluding hydrogens is 363 g/mol. The molecular formula is C19H14N4Se. The van der Waals surface area contributed by atoms with Crippen LogP contribution in [0.3, 0.4) is 0 Å². The minimum absolute atomic E-state index is 0.345. The maximum atomic E-state index is 4.69. The normalized spacial score (nSPS) is 23.5. The van der Waals surface area contributed by atoms with Gasteiger partial charge in [-0.05, 0) is 0 Å². The number of rotatable bonds is 0. The second-order valence-corrected chi connectivity index (χ2v) is 7.96. The average molecular weight is 377 g/mol. The molecule has 0 saturated heterocycles. The molecule has 4 nitrogen and oxygen atoms in total. The molecule has 0 aliphatic carbocycles. The van der Waals surface area contributed by atoms with E-state index in [1.165, 1.54) is 0 Å². The number of nitrogens with one attached hydrogen (secondary N) is 2. The van der Waals surface area contributed by atoms with Gasteiger partial charge in [0, 0.05) is 0 Å². The molecule has 5 heteroatoms. The molecule has 24 heavy (non-hydrogen) atoms. The van der Waals surface area contributed by atoms with Crippen molar-refractivity contribution in [2.45, 2.75) is 4.94 Å². The monoisotopic (exact) mass is 378 g/mol. The van der Waals surface area contributed by atoms with Gasteiger partial charge in [-0.3, -0.25) is 0 Å². The SMILES string of the molecule is C1=CC2=NC1=CC1=C[Se]C(C=C3C=CC(=N3)C=c3ccc([nH]3)=C2)N1. The first-order valence-electron chi connectivity index (χ1n) is 7.78. The van der Waals surface area contributed by atoms with Gasteiger partial charge in [-0.15, -0.1) is 0 Å². The molecule has 1 aromatic heterocycles. The third kappa shape index (κ3) is 2.68. The van der Waals surface area contributed by atoms with Gasteiger partial charge in [0.05, 0.1) is 0 Å². The van der Waals surface area contributed by atoms with Crippen LogP contribution in [0.15, 0.2) is 80.6 Å². The molecule has 0 fully saturated rings. The quantitative estimate of drug-likeness (QED) is 0.648. The van der Waals surface area contributed by atoms with Gasteiger partial charge in [0.2, 0.25) is 0 Å². The third-order valence-electron chi connectivity index (χ3n) is 3.98. The van der Waals surface area contributed by atoms with E-state index in [9.17, 15) is 0 Å². The van der Waals surface area contributed by atoms with Crippen LogP contribution in [0, 0.1) is 0 Å². The van der Waals surface area contributed by atoms with Crippen LogP contribution < -0.4 is 16.0 Å². The van der Waals surface area contributed by atoms with Gasteiger partial charge in [-0.25, -0.2) is 0 Å². The van der Waals surface area contributed by atoms with E-state index < -0.39 is 0 Å². The van der Waals surface area contributed by atoms with E-state index in [4.69, 9.17) is 0 Å². The van der Waals surface area contributed by atoms with E-state index in [-0.39, 0.29) is 0 Å². The number of hydrogen-bond donors (Lipinski definition) is 2. The van der Waals surface area contributed by atoms with Gasteiger partial charge in [0.25, 0.3) is 0 Å². The van der Waals surface area contributed by atoms with Crippen molar-refractivity contribution in [1.29, 1.82) is 0 Å². The Balaban J connectivity index is 1.65. The van der Waals surface area contributed by atoms with Gasteiger partial charge in [-0.2, -0.15) is 0 Å². The molecule has 0 aromatic carbocycles. The van der Waals surface area contributed by atoms with Crippen LogP contribution >= 0.6 is 0 Å². The van der Waals surface area contributed by atoms with E-state index in [1.54, 1.807) is 0 Å². The fourth-order valence-corrected chi connectivity index (χ4v) is 4.68. The summed E-state index contributed by atoms with van der Waals surface area (Å²) in [7, 11) is 0. The topological polar surface area (TPSA) is 52.5 Å². The van der Waals surface area contributed by atoms with Crippen LogP contribution in [0.2, 0.25) is 0 Å². The number of aromatic amines is 1. The van der Waals surface area contributed by atoms with Crippen molar-refractivity contribution in [1.82, 2.24) is 10.3 Å². The summed E-state index contributed by atoms with van der Waals surface area (Å²) >= 11 is 0.387. The Morgan fingerprint density at radius 3 is 2.33 bits per heavy atom. The second kappa shape index (κ2) is 5.48. The van der Waals surface area contributed by atoms with Crippen LogP contribution in [-0.4, -0.2) is 36.3 Å². The Hall–Kier alpha value is -2.62. The number of allylic oxidation sites excluding steroid dienone is 5. The van der Waals surface area contributed by atoms with Crippen LogP contribution in [0.25, 0.3) is 12.2 Å². The molecule has 0 saturated carbocycles. The number of H-pyrrole nitrogens is 1. The van der Waals surface area contributed by atoms with Crippen molar-refractivity contribution in [3.8, 4) is 0 Å². The standard InChI is InChI=1S/C19H14N4Se/c1-2-13-8-15-5-6-17(22-15)10-19-23-18(11-24-19)9-16-4-3-14(21-16)7-12(1)20-13/h1-11,19-20,23H. The van der Waals surface area contributed by atoms with E-state index in [1.807, 2.05) is 6.08 Å². The molecule has 1 atom stereocenters. The first-order chi connectivity index (χ1) is 11.8. The molecule has 2 N–H and O–H groups in total. The van der Waals surface area contributed by atoms with E-state index >= 15 is 0 Å². The Morgan fingerprint density at radius 2 is 1.54 bits per heavy atom. The summed E-state index contributed by atoms with van der Waals surface area (Å²) in [5.74, 6) is 0. The Bertz CT molecular complexity index is 1060. The molecule has 0 spiro atoms. The maximum absolute atomic E-state index is 4.69. The number of aliphatic imine (C=N–C) groups is 2. The third-order valence-corrected chi connectivity index (χ3v) is 5.95. The summed E-state index contributed by atoms with van der Waals surface area (Å²) in [5, 5.41) is 5.63. The van der Waals surface area contributed by atoms with Crippen LogP contribution in [-0.2, 0) is 0 Å². The first kappa shape index (κ1) is 13.8. The molecule has 5 heterocycles. The molecule has 4 aliphatic heterocycles. The van der Waals surface area contributed by atoms with Crippen LogP contribution in [0.1, 0.15) is 0 Å². The zero-order chi connectivity index (χ0) is 15.9. The molecule has 0 radical (unpaired) electrons. The number of hydrogen-bond acceptors (Lipinski definition) is 3. The number of nitrogens with zero attached hydrogens (tertiary/aromatic N) is 2. The Morgan fingerprint density at radius 1 is 0.833 bits per heavy atom. The van der Waals surface area contributed by atoms with E-state index in [2.05, 4.69) is 79.9 Å². The summed E-state index contributed by atoms with van der Waals surface area (Å²) in [6.45, 7) is 0. The number of fused-ring (bicyclic) bond motifs is 6. The van der Waals surface area contributed by atoms with Crippen molar-refractivity contribution in [3.05, 3.63) is 81.4 Å². The van der Waals surface area contributed by atoms with Crippen molar-refractivity contribution >= 4 is 38.5 Å². The molecule has 1 unspecified atom stereocenters. The van der Waals surface area contributed by atoms with Crippen molar-refractivity contribution in [2.75, 3.05) is 0 Å². The molecule has 4 aliphatic rings. The van der Waals surface area contributed by atoms with E-state index in [0.717, 1.165) is 39.2 Å². The molecule has 8 bridgehead atoms. The molecule has 116 valence electrons. The average Bonchev–Trinajstić information content (AvgIpc) is 3.32. The van der Waals surface area contributed by atoms with Gasteiger partial charge in [0.1, 0.15) is 0 Å². The Labute approximate surface area is 145 Å². The summed E-state index contributed by atoms with van der Waals surface area (Å²) < 4.78 is 0. The molecule has 1 aromatic rings. The zero-order valence-electron chi connectivity index (χ0n) is 12.7. The fraction of sp³-hybridized carbons (Fsp3) is 0.0526. The Kier molecular flexibility index (Phi) is 3.15. The first-order valence-corrected chi connectivity index (χ1v) is 9.76. The zero-order valence-corrected chi connectivity index (χ0v) is 14.4. The predicted molar refractivity (Wildman–Crippen MR) is 99.0 cm³/mol.